The molecular weight excluding hydrogens is 554 g/mol. The lowest BCUT2D eigenvalue weighted by Crippen LogP contribution is -2.29. The summed E-state index contributed by atoms with van der Waals surface area (Å²) < 4.78 is 15.0. The third-order valence-electron chi connectivity index (χ3n) is 7.76. The predicted molar refractivity (Wildman–Crippen MR) is 173 cm³/mol. The highest BCUT2D eigenvalue weighted by atomic mass is 32.2. The van der Waals surface area contributed by atoms with Gasteiger partial charge < -0.3 is 15.5 Å². The molecule has 1 aliphatic carbocycles. The van der Waals surface area contributed by atoms with Gasteiger partial charge in [0, 0.05) is 39.8 Å². The summed E-state index contributed by atoms with van der Waals surface area (Å²) in [6, 6.07) is 13.3. The van der Waals surface area contributed by atoms with Gasteiger partial charge in [-0.3, -0.25) is 9.59 Å². The van der Waals surface area contributed by atoms with Gasteiger partial charge in [0.2, 0.25) is 10.6 Å². The molecule has 1 amide bonds. The van der Waals surface area contributed by atoms with E-state index in [9.17, 15) is 9.59 Å². The Hall–Kier alpha value is -3.36. The molecule has 2 N–H and O–H groups in total. The third kappa shape index (κ3) is 5.60. The van der Waals surface area contributed by atoms with Crippen molar-refractivity contribution in [1.29, 1.82) is 0 Å². The van der Waals surface area contributed by atoms with Crippen LogP contribution in [0, 0.1) is 19.7 Å². The highest BCUT2D eigenvalue weighted by Crippen LogP contribution is 2.50. The number of hydrogen-bond acceptors (Lipinski definition) is 6. The van der Waals surface area contributed by atoms with Gasteiger partial charge in [0.15, 0.2) is 0 Å². The number of fused-ring (bicyclic) bond motifs is 1. The van der Waals surface area contributed by atoms with Crippen LogP contribution in [-0.4, -0.2) is 28.4 Å². The number of amides is 1. The topological polar surface area (TPSA) is 61.4 Å². The minimum absolute atomic E-state index is 0.0189. The molecule has 3 aromatic rings. The molecule has 1 unspecified atom stereocenters. The molecule has 0 bridgehead atoms. The average molecular weight is 590 g/mol. The fourth-order valence-corrected chi connectivity index (χ4v) is 7.23. The molecule has 5 nitrogen and oxygen atoms in total. The van der Waals surface area contributed by atoms with Crippen molar-refractivity contribution in [2.24, 2.45) is 0 Å². The summed E-state index contributed by atoms with van der Waals surface area (Å²) in [5.41, 5.74) is 7.95. The standard InChI is InChI=1S/C33H36FN3O2S2/c1-7-26-29-30(36-25-15-12-18(3)16-24(25)34)19(4)33(39)41-31(29)28(20(5)37(26)23-13-14-23)21-10-9-11-22(17-21)35-32(38)27(8-2)40-6/h7,9-12,15-17,23,27,36H,8,13-14H2,1-6H3,(H,35,38)/b26-7-. The van der Waals surface area contributed by atoms with Gasteiger partial charge in [-0.2, -0.15) is 11.8 Å². The summed E-state index contributed by atoms with van der Waals surface area (Å²) in [7, 11) is 0. The number of nitrogens with one attached hydrogen (secondary N) is 2. The summed E-state index contributed by atoms with van der Waals surface area (Å²) in [6.45, 7) is 9.79. The summed E-state index contributed by atoms with van der Waals surface area (Å²) in [5, 5.41) is 6.27. The van der Waals surface area contributed by atoms with E-state index in [0.29, 0.717) is 23.0 Å². The summed E-state index contributed by atoms with van der Waals surface area (Å²) in [4.78, 5) is 29.6. The minimum atomic E-state index is -0.360. The van der Waals surface area contributed by atoms with Crippen LogP contribution in [0.3, 0.4) is 0 Å². The van der Waals surface area contributed by atoms with E-state index in [1.165, 1.54) is 29.2 Å². The van der Waals surface area contributed by atoms with Gasteiger partial charge in [0.1, 0.15) is 5.82 Å². The van der Waals surface area contributed by atoms with E-state index in [4.69, 9.17) is 0 Å². The van der Waals surface area contributed by atoms with Crippen LogP contribution in [0.25, 0.3) is 11.3 Å². The number of carbonyl (C=O) groups excluding carboxylic acids is 1. The first-order chi connectivity index (χ1) is 19.7. The lowest BCUT2D eigenvalue weighted by Gasteiger charge is -2.37. The fourth-order valence-electron chi connectivity index (χ4n) is 5.50. The van der Waals surface area contributed by atoms with Crippen molar-refractivity contribution in [2.75, 3.05) is 16.9 Å². The molecular formula is C33H36FN3O2S2. The Morgan fingerprint density at radius 1 is 1.20 bits per heavy atom. The van der Waals surface area contributed by atoms with Gasteiger partial charge in [-0.1, -0.05) is 42.5 Å². The zero-order chi connectivity index (χ0) is 29.4. The molecule has 5 rings (SSSR count). The monoisotopic (exact) mass is 589 g/mol. The number of carbonyl (C=O) groups is 1. The Labute approximate surface area is 249 Å². The van der Waals surface area contributed by atoms with Crippen LogP contribution >= 0.6 is 23.1 Å². The van der Waals surface area contributed by atoms with Crippen LogP contribution in [0.5, 0.6) is 0 Å². The number of benzene rings is 2. The van der Waals surface area contributed by atoms with E-state index in [1.54, 1.807) is 13.0 Å². The van der Waals surface area contributed by atoms with E-state index in [2.05, 4.69) is 28.5 Å². The molecule has 2 aliphatic rings. The zero-order valence-corrected chi connectivity index (χ0v) is 26.0. The Morgan fingerprint density at radius 2 is 1.95 bits per heavy atom. The first-order valence-electron chi connectivity index (χ1n) is 14.0. The SMILES string of the molecule is C/C=C1/c2c(sc(=O)c(C)c2Nc2ccc(C)cc2F)C(c2cccc(NC(=O)C(CC)SC)c2)=C(C)N1C1CC1. The van der Waals surface area contributed by atoms with E-state index in [0.717, 1.165) is 63.5 Å². The van der Waals surface area contributed by atoms with Crippen molar-refractivity contribution in [2.45, 2.75) is 65.2 Å². The maximum Gasteiger partial charge on any atom is 0.237 e. The van der Waals surface area contributed by atoms with Crippen molar-refractivity contribution in [3.63, 3.8) is 0 Å². The smallest absolute Gasteiger partial charge is 0.237 e. The maximum absolute atomic E-state index is 15.0. The second-order valence-corrected chi connectivity index (χ2v) is 12.7. The highest BCUT2D eigenvalue weighted by molar-refractivity contribution is 7.99. The largest absolute Gasteiger partial charge is 0.352 e. The molecule has 214 valence electrons. The number of aryl methyl sites for hydroxylation is 1. The Morgan fingerprint density at radius 3 is 2.59 bits per heavy atom. The number of halogens is 1. The molecule has 0 spiro atoms. The molecule has 1 aliphatic heterocycles. The van der Waals surface area contributed by atoms with Crippen LogP contribution in [0.1, 0.15) is 67.2 Å². The molecule has 2 heterocycles. The van der Waals surface area contributed by atoms with Gasteiger partial charge in [-0.25, -0.2) is 4.39 Å². The molecule has 41 heavy (non-hydrogen) atoms. The van der Waals surface area contributed by atoms with Crippen LogP contribution < -0.4 is 15.4 Å². The minimum Gasteiger partial charge on any atom is -0.352 e. The van der Waals surface area contributed by atoms with Crippen LogP contribution in [-0.2, 0) is 4.79 Å². The molecule has 1 saturated carbocycles. The van der Waals surface area contributed by atoms with E-state index in [-0.39, 0.29) is 21.7 Å². The van der Waals surface area contributed by atoms with Crippen molar-refractivity contribution in [3.05, 3.63) is 96.7 Å². The molecule has 1 atom stereocenters. The molecule has 8 heteroatoms. The Bertz CT molecular complexity index is 1630. The summed E-state index contributed by atoms with van der Waals surface area (Å²) in [6.07, 6.45) is 6.95. The van der Waals surface area contributed by atoms with E-state index < -0.39 is 0 Å². The number of hydrogen-bond donors (Lipinski definition) is 2. The van der Waals surface area contributed by atoms with Crippen LogP contribution in [0.15, 0.2) is 59.0 Å². The van der Waals surface area contributed by atoms with Gasteiger partial charge in [0.05, 0.1) is 21.5 Å². The van der Waals surface area contributed by atoms with Crippen LogP contribution in [0.4, 0.5) is 21.5 Å². The first-order valence-corrected chi connectivity index (χ1v) is 16.1. The van der Waals surface area contributed by atoms with Crippen molar-refractivity contribution < 1.29 is 9.18 Å². The van der Waals surface area contributed by atoms with Crippen LogP contribution in [0.2, 0.25) is 0 Å². The number of anilines is 3. The highest BCUT2D eigenvalue weighted by Gasteiger charge is 2.39. The number of thioether (sulfide) groups is 1. The second kappa shape index (κ2) is 11.9. The van der Waals surface area contributed by atoms with Crippen molar-refractivity contribution in [1.82, 2.24) is 4.90 Å². The third-order valence-corrected chi connectivity index (χ3v) is 9.98. The lowest BCUT2D eigenvalue weighted by atomic mass is 9.91. The molecule has 2 aromatic carbocycles. The number of allylic oxidation sites excluding steroid dienone is 2. The van der Waals surface area contributed by atoms with Crippen molar-refractivity contribution >= 4 is 57.3 Å². The normalized spacial score (nSPS) is 16.6. The summed E-state index contributed by atoms with van der Waals surface area (Å²) in [5.74, 6) is -0.379. The lowest BCUT2D eigenvalue weighted by molar-refractivity contribution is -0.115. The van der Waals surface area contributed by atoms with Gasteiger partial charge in [-0.05, 0) is 88.6 Å². The molecule has 0 radical (unpaired) electrons. The van der Waals surface area contributed by atoms with Gasteiger partial charge >= 0.3 is 0 Å². The zero-order valence-electron chi connectivity index (χ0n) is 24.4. The summed E-state index contributed by atoms with van der Waals surface area (Å²) >= 11 is 2.76. The second-order valence-electron chi connectivity index (χ2n) is 10.6. The van der Waals surface area contributed by atoms with Crippen molar-refractivity contribution in [3.8, 4) is 0 Å². The predicted octanol–water partition coefficient (Wildman–Crippen LogP) is 8.31. The Kier molecular flexibility index (Phi) is 8.43. The molecule has 1 fully saturated rings. The van der Waals surface area contributed by atoms with Gasteiger partial charge in [-0.15, -0.1) is 0 Å². The number of nitrogens with zero attached hydrogens (tertiary/aromatic N) is 1. The maximum atomic E-state index is 15.0. The van der Waals surface area contributed by atoms with E-state index in [1.807, 2.05) is 57.4 Å². The van der Waals surface area contributed by atoms with Gasteiger partial charge in [0.25, 0.3) is 0 Å². The Balaban J connectivity index is 1.70. The fraction of sp³-hybridized carbons (Fsp3) is 0.333. The average Bonchev–Trinajstić information content (AvgIpc) is 3.78. The molecule has 1 aromatic heterocycles. The van der Waals surface area contributed by atoms with E-state index >= 15 is 4.39 Å². The first kappa shape index (κ1) is 29.1. The quantitative estimate of drug-likeness (QED) is 0.277. The number of rotatable bonds is 8. The molecule has 0 saturated heterocycles.